The quantitative estimate of drug-likeness (QED) is 0.173. The Morgan fingerprint density at radius 1 is 0.786 bits per heavy atom. The number of ether oxygens (including phenoxy) is 2. The molecule has 15 heteroatoms. The number of likely N-dealkylation sites (tertiary alicyclic amines) is 1. The summed E-state index contributed by atoms with van der Waals surface area (Å²) in [7, 11) is 2.59. The Labute approximate surface area is 326 Å². The summed E-state index contributed by atoms with van der Waals surface area (Å²) < 4.78 is 9.65. The molecule has 0 bridgehead atoms. The van der Waals surface area contributed by atoms with Crippen molar-refractivity contribution in [3.63, 3.8) is 0 Å². The molecule has 2 aliphatic heterocycles. The number of imidazole rings is 2. The number of alkyl carbamates (subject to hydrolysis) is 1. The number of methoxy groups -OCH3 is 2. The van der Waals surface area contributed by atoms with E-state index in [0.29, 0.717) is 18.2 Å². The lowest BCUT2D eigenvalue weighted by atomic mass is 10.0. The zero-order valence-electron chi connectivity index (χ0n) is 32.5. The van der Waals surface area contributed by atoms with E-state index in [2.05, 4.69) is 37.1 Å². The number of carbonyl (C=O) groups excluding carboxylic acids is 4. The number of nitrogens with one attached hydrogen (secondary N) is 3. The molecule has 2 saturated heterocycles. The SMILES string of the molecule is COC(=O)N[C@H](C(=O)N1CCC[C@H]1c1ncc(-c2ccc(C#Cc3ccc(-c4cnc([C@@H]5CN(C(=O)OC)CN5C(=O)[C@@H](N)C(C)C)[nH]4)cc3)cc2)[nH]1)C(C)C. The van der Waals surface area contributed by atoms with E-state index in [1.165, 1.54) is 19.1 Å². The van der Waals surface area contributed by atoms with Gasteiger partial charge in [-0.15, -0.1) is 0 Å². The fourth-order valence-electron chi connectivity index (χ4n) is 6.95. The van der Waals surface area contributed by atoms with E-state index in [1.807, 2.05) is 76.2 Å². The number of hydrogen-bond acceptors (Lipinski definition) is 9. The van der Waals surface area contributed by atoms with Crippen molar-refractivity contribution in [2.75, 3.05) is 34.0 Å². The van der Waals surface area contributed by atoms with Gasteiger partial charge < -0.3 is 40.3 Å². The van der Waals surface area contributed by atoms with Crippen molar-refractivity contribution in [1.82, 2.24) is 40.0 Å². The molecular weight excluding hydrogens is 715 g/mol. The molecule has 15 nitrogen and oxygen atoms in total. The number of carbonyl (C=O) groups is 4. The second kappa shape index (κ2) is 17.1. The lowest BCUT2D eigenvalue weighted by molar-refractivity contribution is -0.136. The molecule has 4 aromatic rings. The molecule has 2 aromatic carbocycles. The number of hydrogen-bond donors (Lipinski definition) is 4. The van der Waals surface area contributed by atoms with Crippen LogP contribution in [-0.2, 0) is 19.1 Å². The van der Waals surface area contributed by atoms with Gasteiger partial charge in [-0.3, -0.25) is 14.5 Å². The average molecular weight is 764 g/mol. The van der Waals surface area contributed by atoms with Crippen LogP contribution >= 0.6 is 0 Å². The van der Waals surface area contributed by atoms with Crippen molar-refractivity contribution in [2.24, 2.45) is 17.6 Å². The Balaban J connectivity index is 1.10. The molecule has 0 aliphatic carbocycles. The van der Waals surface area contributed by atoms with Crippen LogP contribution in [0.4, 0.5) is 9.59 Å². The van der Waals surface area contributed by atoms with Crippen LogP contribution < -0.4 is 11.1 Å². The normalized spacial score (nSPS) is 17.8. The second-order valence-electron chi connectivity index (χ2n) is 14.7. The van der Waals surface area contributed by atoms with E-state index in [-0.39, 0.29) is 42.9 Å². The summed E-state index contributed by atoms with van der Waals surface area (Å²) in [6.07, 6.45) is 3.94. The fraction of sp³-hybridized carbons (Fsp3) is 0.415. The molecule has 2 fully saturated rings. The maximum absolute atomic E-state index is 13.5. The van der Waals surface area contributed by atoms with Crippen molar-refractivity contribution in [3.8, 4) is 34.4 Å². The van der Waals surface area contributed by atoms with Crippen molar-refractivity contribution in [1.29, 1.82) is 0 Å². The van der Waals surface area contributed by atoms with Gasteiger partial charge in [-0.2, -0.15) is 0 Å². The zero-order valence-corrected chi connectivity index (χ0v) is 32.5. The Bertz CT molecular complexity index is 2100. The van der Waals surface area contributed by atoms with Gasteiger partial charge in [0.25, 0.3) is 0 Å². The number of nitrogens with zero attached hydrogens (tertiary/aromatic N) is 5. The van der Waals surface area contributed by atoms with Crippen LogP contribution in [0.2, 0.25) is 0 Å². The molecule has 2 aliphatic rings. The van der Waals surface area contributed by atoms with Gasteiger partial charge >= 0.3 is 12.2 Å². The molecule has 294 valence electrons. The first-order chi connectivity index (χ1) is 26.9. The van der Waals surface area contributed by atoms with E-state index < -0.39 is 30.3 Å². The molecule has 4 atom stereocenters. The van der Waals surface area contributed by atoms with Crippen LogP contribution in [0.15, 0.2) is 60.9 Å². The van der Waals surface area contributed by atoms with Gasteiger partial charge in [-0.05, 0) is 60.1 Å². The summed E-state index contributed by atoms with van der Waals surface area (Å²) in [5, 5.41) is 2.68. The van der Waals surface area contributed by atoms with E-state index in [0.717, 1.165) is 46.5 Å². The van der Waals surface area contributed by atoms with Crippen LogP contribution in [0.1, 0.15) is 75.4 Å². The Kier molecular flexibility index (Phi) is 12.1. The first-order valence-electron chi connectivity index (χ1n) is 18.7. The van der Waals surface area contributed by atoms with Crippen LogP contribution in [0.5, 0.6) is 0 Å². The Hall–Kier alpha value is -6.14. The van der Waals surface area contributed by atoms with Crippen molar-refractivity contribution in [3.05, 3.63) is 83.7 Å². The summed E-state index contributed by atoms with van der Waals surface area (Å²) >= 11 is 0. The summed E-state index contributed by atoms with van der Waals surface area (Å²) in [5.41, 5.74) is 11.3. The standard InChI is InChI=1S/C41H49N9O6/c1-24(2)34(42)38(51)50-23-48(41(54)56-6)22-33(50)37-44-21-31(46-37)29-17-13-27(14-18-29)10-9-26-11-15-28(16-12-26)30-20-43-36(45-30)32-8-7-19-49(32)39(52)35(25(3)4)47-40(53)55-5/h11-18,20-21,24-25,32-35H,7-8,19,22-23,42H2,1-6H3,(H,43,45)(H,44,46)(H,47,53)/t32-,33-,34-,35-/m0/s1. The Morgan fingerprint density at radius 3 is 1.84 bits per heavy atom. The number of amides is 4. The third kappa shape index (κ3) is 8.55. The second-order valence-corrected chi connectivity index (χ2v) is 14.7. The predicted molar refractivity (Wildman–Crippen MR) is 208 cm³/mol. The first-order valence-corrected chi connectivity index (χ1v) is 18.7. The van der Waals surface area contributed by atoms with Crippen molar-refractivity contribution >= 4 is 24.0 Å². The van der Waals surface area contributed by atoms with Gasteiger partial charge in [-0.25, -0.2) is 19.6 Å². The minimum Gasteiger partial charge on any atom is -0.453 e. The first kappa shape index (κ1) is 39.6. The lowest BCUT2D eigenvalue weighted by Gasteiger charge is -2.30. The van der Waals surface area contributed by atoms with E-state index in [4.69, 9.17) is 15.2 Å². The maximum atomic E-state index is 13.5. The number of nitrogens with two attached hydrogens (primary N) is 1. The van der Waals surface area contributed by atoms with E-state index >= 15 is 0 Å². The molecule has 2 aromatic heterocycles. The number of rotatable bonds is 9. The minimum absolute atomic E-state index is 0.0639. The Morgan fingerprint density at radius 2 is 1.34 bits per heavy atom. The molecule has 0 saturated carbocycles. The monoisotopic (exact) mass is 763 g/mol. The highest BCUT2D eigenvalue weighted by Gasteiger charge is 2.41. The number of aromatic amines is 2. The summed E-state index contributed by atoms with van der Waals surface area (Å²) in [6, 6.07) is 13.5. The molecule has 0 unspecified atom stereocenters. The van der Waals surface area contributed by atoms with Gasteiger partial charge in [0, 0.05) is 17.7 Å². The lowest BCUT2D eigenvalue weighted by Crippen LogP contribution is -2.51. The van der Waals surface area contributed by atoms with Crippen LogP contribution in [0.3, 0.4) is 0 Å². The smallest absolute Gasteiger partial charge is 0.410 e. The zero-order chi connectivity index (χ0) is 40.1. The van der Waals surface area contributed by atoms with E-state index in [9.17, 15) is 19.2 Å². The van der Waals surface area contributed by atoms with Crippen molar-refractivity contribution in [2.45, 2.75) is 64.7 Å². The molecule has 5 N–H and O–H groups in total. The van der Waals surface area contributed by atoms with Crippen LogP contribution in [0.25, 0.3) is 22.5 Å². The minimum atomic E-state index is -0.711. The van der Waals surface area contributed by atoms with Crippen LogP contribution in [0, 0.1) is 23.7 Å². The average Bonchev–Trinajstić information content (AvgIpc) is 4.04. The molecular formula is C41H49N9O6. The highest BCUT2D eigenvalue weighted by atomic mass is 16.5. The van der Waals surface area contributed by atoms with Crippen LogP contribution in [-0.4, -0.2) is 105 Å². The largest absolute Gasteiger partial charge is 0.453 e. The third-order valence-corrected chi connectivity index (χ3v) is 10.3. The molecule has 0 spiro atoms. The highest BCUT2D eigenvalue weighted by molar-refractivity contribution is 5.86. The topological polar surface area (TPSA) is 192 Å². The van der Waals surface area contributed by atoms with Gasteiger partial charge in [0.1, 0.15) is 23.7 Å². The maximum Gasteiger partial charge on any atom is 0.410 e. The highest BCUT2D eigenvalue weighted by Crippen LogP contribution is 2.33. The van der Waals surface area contributed by atoms with E-state index in [1.54, 1.807) is 22.2 Å². The molecule has 4 heterocycles. The van der Waals surface area contributed by atoms with Gasteiger partial charge in [-0.1, -0.05) is 63.8 Å². The molecule has 4 amide bonds. The van der Waals surface area contributed by atoms with Gasteiger partial charge in [0.05, 0.1) is 63.3 Å². The van der Waals surface area contributed by atoms with Gasteiger partial charge in [0.15, 0.2) is 0 Å². The summed E-state index contributed by atoms with van der Waals surface area (Å²) in [6.45, 7) is 8.43. The fourth-order valence-corrected chi connectivity index (χ4v) is 6.95. The number of H-pyrrole nitrogens is 2. The molecule has 56 heavy (non-hydrogen) atoms. The van der Waals surface area contributed by atoms with Gasteiger partial charge in [0.2, 0.25) is 11.8 Å². The van der Waals surface area contributed by atoms with Crippen molar-refractivity contribution < 1.29 is 28.7 Å². The third-order valence-electron chi connectivity index (χ3n) is 10.3. The number of benzene rings is 2. The molecule has 6 rings (SSSR count). The number of aromatic nitrogens is 4. The predicted octanol–water partition coefficient (Wildman–Crippen LogP) is 4.80. The molecule has 0 radical (unpaired) electrons. The summed E-state index contributed by atoms with van der Waals surface area (Å²) in [5.74, 6) is 7.12. The summed E-state index contributed by atoms with van der Waals surface area (Å²) in [4.78, 5) is 71.8.